The topological polar surface area (TPSA) is 92.7 Å². The van der Waals surface area contributed by atoms with E-state index < -0.39 is 5.91 Å². The predicted molar refractivity (Wildman–Crippen MR) is 81.1 cm³/mol. The van der Waals surface area contributed by atoms with Crippen molar-refractivity contribution >= 4 is 17.5 Å². The van der Waals surface area contributed by atoms with Crippen LogP contribution < -0.4 is 11.5 Å². The molecule has 0 aliphatic carbocycles. The van der Waals surface area contributed by atoms with Crippen molar-refractivity contribution in [2.24, 2.45) is 5.73 Å². The van der Waals surface area contributed by atoms with Crippen molar-refractivity contribution in [1.82, 2.24) is 9.80 Å². The molecule has 1 aliphatic rings. The van der Waals surface area contributed by atoms with Crippen LogP contribution in [0.2, 0.25) is 0 Å². The zero-order chi connectivity index (χ0) is 15.2. The van der Waals surface area contributed by atoms with E-state index in [9.17, 15) is 9.59 Å². The molecule has 2 amide bonds. The summed E-state index contributed by atoms with van der Waals surface area (Å²) in [4.78, 5) is 27.0. The van der Waals surface area contributed by atoms with Crippen LogP contribution in [0.5, 0.6) is 0 Å². The summed E-state index contributed by atoms with van der Waals surface area (Å²) in [6.45, 7) is 2.29. The molecule has 2 rings (SSSR count). The minimum absolute atomic E-state index is 0.0447. The highest BCUT2D eigenvalue weighted by molar-refractivity contribution is 5.80. The molecule has 0 unspecified atom stereocenters. The maximum Gasteiger partial charge on any atom is 0.236 e. The van der Waals surface area contributed by atoms with Gasteiger partial charge in [0, 0.05) is 25.3 Å². The number of benzene rings is 1. The first kappa shape index (κ1) is 15.3. The summed E-state index contributed by atoms with van der Waals surface area (Å²) in [7, 11) is 0. The van der Waals surface area contributed by atoms with Crippen molar-refractivity contribution in [3.8, 4) is 0 Å². The summed E-state index contributed by atoms with van der Waals surface area (Å²) in [6.07, 6.45) is 2.10. The average Bonchev–Trinajstić information content (AvgIpc) is 2.94. The molecule has 1 aromatic rings. The lowest BCUT2D eigenvalue weighted by atomic mass is 10.1. The zero-order valence-electron chi connectivity index (χ0n) is 12.1. The van der Waals surface area contributed by atoms with Gasteiger partial charge in [0.05, 0.1) is 13.1 Å². The summed E-state index contributed by atoms with van der Waals surface area (Å²) in [6, 6.07) is 7.44. The van der Waals surface area contributed by atoms with Crippen LogP contribution in [-0.4, -0.2) is 47.8 Å². The van der Waals surface area contributed by atoms with Crippen LogP contribution in [0.1, 0.15) is 18.4 Å². The van der Waals surface area contributed by atoms with Gasteiger partial charge in [0.2, 0.25) is 11.8 Å². The second kappa shape index (κ2) is 7.08. The lowest BCUT2D eigenvalue weighted by Crippen LogP contribution is -2.42. The predicted octanol–water partition coefficient (Wildman–Crippen LogP) is 0.179. The molecule has 6 heteroatoms. The van der Waals surface area contributed by atoms with Crippen molar-refractivity contribution in [2.45, 2.75) is 19.4 Å². The van der Waals surface area contributed by atoms with Crippen molar-refractivity contribution in [3.63, 3.8) is 0 Å². The molecule has 0 saturated carbocycles. The van der Waals surface area contributed by atoms with E-state index in [1.54, 1.807) is 11.0 Å². The van der Waals surface area contributed by atoms with Crippen LogP contribution in [0.4, 0.5) is 5.69 Å². The number of anilines is 1. The highest BCUT2D eigenvalue weighted by Gasteiger charge is 2.21. The van der Waals surface area contributed by atoms with Crippen molar-refractivity contribution in [2.75, 3.05) is 31.9 Å². The SMILES string of the molecule is NC(=O)CN(CC(=O)N1CCCC1)Cc1ccccc1N. The Bertz CT molecular complexity index is 512. The maximum atomic E-state index is 12.2. The molecule has 114 valence electrons. The molecule has 0 aromatic heterocycles. The van der Waals surface area contributed by atoms with Gasteiger partial charge >= 0.3 is 0 Å². The first-order chi connectivity index (χ1) is 10.1. The second-order valence-corrected chi connectivity index (χ2v) is 5.40. The third-order valence-corrected chi connectivity index (χ3v) is 3.65. The molecule has 1 heterocycles. The summed E-state index contributed by atoms with van der Waals surface area (Å²) in [5.41, 5.74) is 12.7. The highest BCUT2D eigenvalue weighted by Crippen LogP contribution is 2.14. The second-order valence-electron chi connectivity index (χ2n) is 5.40. The number of hydrogen-bond donors (Lipinski definition) is 2. The minimum Gasteiger partial charge on any atom is -0.398 e. The van der Waals surface area contributed by atoms with Crippen molar-refractivity contribution in [1.29, 1.82) is 0 Å². The standard InChI is InChI=1S/C15H22N4O2/c16-13-6-2-1-5-12(13)9-18(10-14(17)20)11-15(21)19-7-3-4-8-19/h1-2,5-6H,3-4,7-11,16H2,(H2,17,20). The van der Waals surface area contributed by atoms with E-state index in [4.69, 9.17) is 11.5 Å². The molecular weight excluding hydrogens is 268 g/mol. The monoisotopic (exact) mass is 290 g/mol. The Morgan fingerprint density at radius 2 is 1.81 bits per heavy atom. The largest absolute Gasteiger partial charge is 0.398 e. The number of para-hydroxylation sites is 1. The number of hydrogen-bond acceptors (Lipinski definition) is 4. The molecule has 1 aromatic carbocycles. The Labute approximate surface area is 124 Å². The molecule has 1 aliphatic heterocycles. The van der Waals surface area contributed by atoms with Crippen molar-refractivity contribution in [3.05, 3.63) is 29.8 Å². The molecule has 0 spiro atoms. The molecule has 0 radical (unpaired) electrons. The molecule has 1 saturated heterocycles. The Morgan fingerprint density at radius 1 is 1.14 bits per heavy atom. The van der Waals surface area contributed by atoms with Gasteiger partial charge in [0.1, 0.15) is 0 Å². The molecule has 4 N–H and O–H groups in total. The van der Waals surface area contributed by atoms with Gasteiger partial charge in [0.15, 0.2) is 0 Å². The van der Waals surface area contributed by atoms with Gasteiger partial charge in [-0.2, -0.15) is 0 Å². The number of nitrogen functional groups attached to an aromatic ring is 1. The molecule has 21 heavy (non-hydrogen) atoms. The van der Waals surface area contributed by atoms with E-state index in [0.29, 0.717) is 12.2 Å². The molecule has 6 nitrogen and oxygen atoms in total. The number of rotatable bonds is 6. The number of nitrogens with zero attached hydrogens (tertiary/aromatic N) is 2. The molecule has 0 bridgehead atoms. The van der Waals surface area contributed by atoms with Crippen LogP contribution in [0.25, 0.3) is 0 Å². The molecular formula is C15H22N4O2. The fourth-order valence-electron chi connectivity index (χ4n) is 2.57. The van der Waals surface area contributed by atoms with Gasteiger partial charge in [-0.3, -0.25) is 14.5 Å². The number of nitrogens with two attached hydrogens (primary N) is 2. The summed E-state index contributed by atoms with van der Waals surface area (Å²) in [5, 5.41) is 0. The Hall–Kier alpha value is -2.08. The van der Waals surface area contributed by atoms with E-state index in [1.165, 1.54) is 0 Å². The maximum absolute atomic E-state index is 12.2. The van der Waals surface area contributed by atoms with Crippen LogP contribution in [-0.2, 0) is 16.1 Å². The van der Waals surface area contributed by atoms with E-state index in [-0.39, 0.29) is 19.0 Å². The van der Waals surface area contributed by atoms with E-state index >= 15 is 0 Å². The third kappa shape index (κ3) is 4.46. The minimum atomic E-state index is -0.446. The Kier molecular flexibility index (Phi) is 5.16. The zero-order valence-corrected chi connectivity index (χ0v) is 12.1. The Morgan fingerprint density at radius 3 is 2.43 bits per heavy atom. The first-order valence-electron chi connectivity index (χ1n) is 7.18. The fraction of sp³-hybridized carbons (Fsp3) is 0.467. The van der Waals surface area contributed by atoms with Gasteiger partial charge < -0.3 is 16.4 Å². The van der Waals surface area contributed by atoms with E-state index in [1.807, 2.05) is 23.1 Å². The number of primary amides is 1. The van der Waals surface area contributed by atoms with E-state index in [2.05, 4.69) is 0 Å². The van der Waals surface area contributed by atoms with Crippen LogP contribution in [0, 0.1) is 0 Å². The number of likely N-dealkylation sites (tertiary alicyclic amines) is 1. The first-order valence-corrected chi connectivity index (χ1v) is 7.18. The van der Waals surface area contributed by atoms with Gasteiger partial charge in [-0.1, -0.05) is 18.2 Å². The van der Waals surface area contributed by atoms with Crippen LogP contribution in [0.15, 0.2) is 24.3 Å². The lowest BCUT2D eigenvalue weighted by Gasteiger charge is -2.24. The van der Waals surface area contributed by atoms with Gasteiger partial charge in [-0.25, -0.2) is 0 Å². The average molecular weight is 290 g/mol. The molecule has 1 fully saturated rings. The van der Waals surface area contributed by atoms with Gasteiger partial charge in [-0.05, 0) is 24.5 Å². The van der Waals surface area contributed by atoms with Gasteiger partial charge in [-0.15, -0.1) is 0 Å². The normalized spacial score (nSPS) is 14.6. The Balaban J connectivity index is 2.02. The number of amides is 2. The van der Waals surface area contributed by atoms with E-state index in [0.717, 1.165) is 31.5 Å². The van der Waals surface area contributed by atoms with Crippen LogP contribution >= 0.6 is 0 Å². The third-order valence-electron chi connectivity index (χ3n) is 3.65. The summed E-state index contributed by atoms with van der Waals surface area (Å²) in [5.74, 6) is -0.401. The fourth-order valence-corrected chi connectivity index (χ4v) is 2.57. The highest BCUT2D eigenvalue weighted by atomic mass is 16.2. The van der Waals surface area contributed by atoms with Gasteiger partial charge in [0.25, 0.3) is 0 Å². The van der Waals surface area contributed by atoms with Crippen LogP contribution in [0.3, 0.4) is 0 Å². The molecule has 0 atom stereocenters. The number of carbonyl (C=O) groups excluding carboxylic acids is 2. The summed E-state index contributed by atoms with van der Waals surface area (Å²) < 4.78 is 0. The quantitative estimate of drug-likeness (QED) is 0.731. The lowest BCUT2D eigenvalue weighted by molar-refractivity contribution is -0.132. The number of carbonyl (C=O) groups is 2. The smallest absolute Gasteiger partial charge is 0.236 e. The van der Waals surface area contributed by atoms with Crippen molar-refractivity contribution < 1.29 is 9.59 Å². The summed E-state index contributed by atoms with van der Waals surface area (Å²) >= 11 is 0.